The van der Waals surface area contributed by atoms with Crippen LogP contribution in [-0.4, -0.2) is 31.2 Å². The minimum absolute atomic E-state index is 0.480. The van der Waals surface area contributed by atoms with Crippen molar-refractivity contribution in [2.75, 3.05) is 26.3 Å². The standard InChI is InChI=1S/C18H18N2O2/c21-19-17(15-7-3-1-4-8-15)18(16-9-5-2-6-10-16)20-11-13-22-14-12-20/h1-10H,11-14H2/b18-17+. The molecule has 0 aromatic heterocycles. The van der Waals surface area contributed by atoms with Crippen LogP contribution in [0.4, 0.5) is 0 Å². The van der Waals surface area contributed by atoms with E-state index in [9.17, 15) is 4.91 Å². The Labute approximate surface area is 130 Å². The third kappa shape index (κ3) is 3.07. The molecule has 0 aliphatic carbocycles. The van der Waals surface area contributed by atoms with Gasteiger partial charge in [0.15, 0.2) is 0 Å². The SMILES string of the molecule is O=N/C(=C(\c1ccccc1)N1CCOCC1)c1ccccc1. The Morgan fingerprint density at radius 2 is 1.41 bits per heavy atom. The lowest BCUT2D eigenvalue weighted by molar-refractivity contribution is 0.0641. The number of nitroso groups, excluding NO2 is 1. The summed E-state index contributed by atoms with van der Waals surface area (Å²) in [5.41, 5.74) is 3.20. The fraction of sp³-hybridized carbons (Fsp3) is 0.222. The summed E-state index contributed by atoms with van der Waals surface area (Å²) >= 11 is 0. The molecular formula is C18H18N2O2. The Bertz CT molecular complexity index is 647. The first kappa shape index (κ1) is 14.5. The largest absolute Gasteiger partial charge is 0.378 e. The van der Waals surface area contributed by atoms with Gasteiger partial charge in [-0.1, -0.05) is 60.7 Å². The summed E-state index contributed by atoms with van der Waals surface area (Å²) in [6.07, 6.45) is 0. The lowest BCUT2D eigenvalue weighted by atomic mass is 10.0. The van der Waals surface area contributed by atoms with Gasteiger partial charge in [0.05, 0.1) is 18.9 Å². The summed E-state index contributed by atoms with van der Waals surface area (Å²) in [4.78, 5) is 13.8. The Morgan fingerprint density at radius 1 is 0.864 bits per heavy atom. The van der Waals surface area contributed by atoms with E-state index >= 15 is 0 Å². The minimum atomic E-state index is 0.480. The highest BCUT2D eigenvalue weighted by Crippen LogP contribution is 2.30. The molecule has 1 aliphatic heterocycles. The molecule has 1 saturated heterocycles. The summed E-state index contributed by atoms with van der Waals surface area (Å²) in [5, 5.41) is 3.36. The van der Waals surface area contributed by atoms with Crippen LogP contribution in [0.3, 0.4) is 0 Å². The minimum Gasteiger partial charge on any atom is -0.378 e. The van der Waals surface area contributed by atoms with Gasteiger partial charge in [0, 0.05) is 24.2 Å². The van der Waals surface area contributed by atoms with Crippen LogP contribution in [-0.2, 0) is 4.74 Å². The molecule has 0 spiro atoms. The summed E-state index contributed by atoms with van der Waals surface area (Å²) in [6.45, 7) is 2.85. The molecule has 1 aliphatic rings. The number of nitrogens with zero attached hydrogens (tertiary/aromatic N) is 2. The van der Waals surface area contributed by atoms with Gasteiger partial charge < -0.3 is 9.64 Å². The lowest BCUT2D eigenvalue weighted by Gasteiger charge is -2.32. The van der Waals surface area contributed by atoms with Crippen molar-refractivity contribution in [2.45, 2.75) is 0 Å². The predicted octanol–water partition coefficient (Wildman–Crippen LogP) is 3.61. The molecule has 0 N–H and O–H groups in total. The monoisotopic (exact) mass is 294 g/mol. The molecule has 4 nitrogen and oxygen atoms in total. The molecule has 22 heavy (non-hydrogen) atoms. The van der Waals surface area contributed by atoms with Crippen LogP contribution >= 0.6 is 0 Å². The van der Waals surface area contributed by atoms with Crippen molar-refractivity contribution in [2.24, 2.45) is 5.18 Å². The zero-order chi connectivity index (χ0) is 15.2. The molecule has 0 atom stereocenters. The van der Waals surface area contributed by atoms with E-state index in [4.69, 9.17) is 4.74 Å². The first-order chi connectivity index (χ1) is 10.9. The van der Waals surface area contributed by atoms with E-state index in [1.807, 2.05) is 60.7 Å². The Hall–Kier alpha value is -2.46. The van der Waals surface area contributed by atoms with Crippen molar-refractivity contribution < 1.29 is 4.74 Å². The van der Waals surface area contributed by atoms with Crippen molar-refractivity contribution >= 4 is 11.4 Å². The highest BCUT2D eigenvalue weighted by atomic mass is 16.5. The predicted molar refractivity (Wildman–Crippen MR) is 87.9 cm³/mol. The smallest absolute Gasteiger partial charge is 0.139 e. The van der Waals surface area contributed by atoms with Gasteiger partial charge in [0.2, 0.25) is 0 Å². The Morgan fingerprint density at radius 3 is 1.95 bits per heavy atom. The number of hydrogen-bond acceptors (Lipinski definition) is 4. The van der Waals surface area contributed by atoms with Crippen LogP contribution in [0.15, 0.2) is 65.8 Å². The number of rotatable bonds is 4. The van der Waals surface area contributed by atoms with Crippen LogP contribution in [0.5, 0.6) is 0 Å². The second-order valence-corrected chi connectivity index (χ2v) is 5.12. The average Bonchev–Trinajstić information content (AvgIpc) is 2.62. The van der Waals surface area contributed by atoms with Crippen molar-refractivity contribution in [3.63, 3.8) is 0 Å². The number of ether oxygens (including phenoxy) is 1. The van der Waals surface area contributed by atoms with Gasteiger partial charge in [-0.25, -0.2) is 0 Å². The molecule has 2 aromatic carbocycles. The van der Waals surface area contributed by atoms with E-state index in [-0.39, 0.29) is 0 Å². The molecule has 0 radical (unpaired) electrons. The molecule has 0 saturated carbocycles. The molecule has 0 amide bonds. The van der Waals surface area contributed by atoms with Crippen molar-refractivity contribution in [1.29, 1.82) is 0 Å². The number of morpholine rings is 1. The van der Waals surface area contributed by atoms with E-state index in [0.717, 1.165) is 29.9 Å². The Balaban J connectivity index is 2.14. The molecule has 2 aromatic rings. The quantitative estimate of drug-likeness (QED) is 0.639. The molecule has 4 heteroatoms. The van der Waals surface area contributed by atoms with Gasteiger partial charge in [-0.15, -0.1) is 4.91 Å². The second-order valence-electron chi connectivity index (χ2n) is 5.12. The van der Waals surface area contributed by atoms with Gasteiger partial charge in [0.25, 0.3) is 0 Å². The first-order valence-electron chi connectivity index (χ1n) is 7.41. The van der Waals surface area contributed by atoms with E-state index in [2.05, 4.69) is 10.1 Å². The van der Waals surface area contributed by atoms with Gasteiger partial charge in [-0.05, 0) is 5.18 Å². The number of hydrogen-bond donors (Lipinski definition) is 0. The van der Waals surface area contributed by atoms with Crippen LogP contribution in [0.2, 0.25) is 0 Å². The summed E-state index contributed by atoms with van der Waals surface area (Å²) in [5.74, 6) is 0. The first-order valence-corrected chi connectivity index (χ1v) is 7.41. The van der Waals surface area contributed by atoms with E-state index < -0.39 is 0 Å². The third-order valence-electron chi connectivity index (χ3n) is 3.74. The Kier molecular flexibility index (Phi) is 4.61. The van der Waals surface area contributed by atoms with Gasteiger partial charge in [-0.2, -0.15) is 0 Å². The summed E-state index contributed by atoms with van der Waals surface area (Å²) in [7, 11) is 0. The molecule has 0 unspecified atom stereocenters. The topological polar surface area (TPSA) is 41.9 Å². The highest BCUT2D eigenvalue weighted by Gasteiger charge is 2.21. The van der Waals surface area contributed by atoms with E-state index in [1.165, 1.54) is 0 Å². The maximum absolute atomic E-state index is 11.6. The molecular weight excluding hydrogens is 276 g/mol. The van der Waals surface area contributed by atoms with E-state index in [1.54, 1.807) is 0 Å². The average molecular weight is 294 g/mol. The van der Waals surface area contributed by atoms with Crippen molar-refractivity contribution in [1.82, 2.24) is 4.90 Å². The summed E-state index contributed by atoms with van der Waals surface area (Å²) < 4.78 is 5.43. The maximum atomic E-state index is 11.6. The summed E-state index contributed by atoms with van der Waals surface area (Å²) in [6, 6.07) is 19.6. The molecule has 1 heterocycles. The fourth-order valence-corrected chi connectivity index (χ4v) is 2.68. The fourth-order valence-electron chi connectivity index (χ4n) is 2.68. The molecule has 3 rings (SSSR count). The van der Waals surface area contributed by atoms with Crippen molar-refractivity contribution in [3.8, 4) is 0 Å². The second kappa shape index (κ2) is 7.00. The van der Waals surface area contributed by atoms with E-state index in [0.29, 0.717) is 18.9 Å². The van der Waals surface area contributed by atoms with Crippen molar-refractivity contribution in [3.05, 3.63) is 76.7 Å². The zero-order valence-corrected chi connectivity index (χ0v) is 12.3. The lowest BCUT2D eigenvalue weighted by Crippen LogP contribution is -2.35. The van der Waals surface area contributed by atoms with Gasteiger partial charge in [0.1, 0.15) is 5.70 Å². The van der Waals surface area contributed by atoms with Crippen LogP contribution < -0.4 is 0 Å². The van der Waals surface area contributed by atoms with Gasteiger partial charge >= 0.3 is 0 Å². The van der Waals surface area contributed by atoms with Crippen LogP contribution in [0.1, 0.15) is 11.1 Å². The zero-order valence-electron chi connectivity index (χ0n) is 12.3. The molecule has 0 bridgehead atoms. The number of benzene rings is 2. The van der Waals surface area contributed by atoms with Crippen LogP contribution in [0, 0.1) is 4.91 Å². The highest BCUT2D eigenvalue weighted by molar-refractivity contribution is 5.89. The molecule has 1 fully saturated rings. The molecule has 112 valence electrons. The normalized spacial score (nSPS) is 16.1. The van der Waals surface area contributed by atoms with Crippen LogP contribution in [0.25, 0.3) is 11.4 Å². The van der Waals surface area contributed by atoms with Gasteiger partial charge in [-0.3, -0.25) is 0 Å². The maximum Gasteiger partial charge on any atom is 0.139 e. The third-order valence-corrected chi connectivity index (χ3v) is 3.74.